The Bertz CT molecular complexity index is 1170. The van der Waals surface area contributed by atoms with E-state index in [-0.39, 0.29) is 23.5 Å². The average Bonchev–Trinajstić information content (AvgIpc) is 3.66. The molecule has 1 aliphatic heterocycles. The van der Waals surface area contributed by atoms with Gasteiger partial charge in [-0.2, -0.15) is 0 Å². The molecule has 10 heteroatoms. The number of ketones is 1. The van der Waals surface area contributed by atoms with E-state index in [9.17, 15) is 24.0 Å². The first-order chi connectivity index (χ1) is 18.9. The van der Waals surface area contributed by atoms with Crippen LogP contribution in [-0.4, -0.2) is 65.3 Å². The van der Waals surface area contributed by atoms with Crippen LogP contribution < -0.4 is 0 Å². The third-order valence-corrected chi connectivity index (χ3v) is 9.83. The minimum Gasteiger partial charge on any atom is -0.461 e. The zero-order valence-electron chi connectivity index (χ0n) is 25.8. The maximum atomic E-state index is 14.5. The first-order valence-corrected chi connectivity index (χ1v) is 14.6. The molecule has 1 heterocycles. The summed E-state index contributed by atoms with van der Waals surface area (Å²) in [5.41, 5.74) is -2.64. The Labute approximate surface area is 241 Å². The highest BCUT2D eigenvalue weighted by Crippen LogP contribution is 2.69. The monoisotopic (exact) mass is 576 g/mol. The molecule has 228 valence electrons. The van der Waals surface area contributed by atoms with Crippen LogP contribution in [0.3, 0.4) is 0 Å². The van der Waals surface area contributed by atoms with Gasteiger partial charge in [-0.15, -0.1) is 0 Å². The number of ether oxygens (including phenoxy) is 5. The topological polar surface area (TPSA) is 135 Å². The molecule has 0 spiro atoms. The summed E-state index contributed by atoms with van der Waals surface area (Å²) in [5.74, 6) is -4.46. The molecule has 1 saturated heterocycles. The summed E-state index contributed by atoms with van der Waals surface area (Å²) in [6.45, 7) is 16.8. The molecule has 4 rings (SSSR count). The smallest absolute Gasteiger partial charge is 0.308 e. The molecule has 11 atom stereocenters. The summed E-state index contributed by atoms with van der Waals surface area (Å²) in [6, 6.07) is 0. The van der Waals surface area contributed by atoms with E-state index in [2.05, 4.69) is 0 Å². The Balaban J connectivity index is 1.93. The van der Waals surface area contributed by atoms with Crippen molar-refractivity contribution in [3.05, 3.63) is 11.6 Å². The molecule has 0 unspecified atom stereocenters. The molecule has 4 aliphatic rings. The van der Waals surface area contributed by atoms with Crippen LogP contribution in [-0.2, 0) is 47.7 Å². The van der Waals surface area contributed by atoms with Crippen LogP contribution in [0.1, 0.15) is 82.1 Å². The molecule has 0 bridgehead atoms. The molecule has 0 aromatic heterocycles. The molecule has 3 fully saturated rings. The number of hydrogen-bond acceptors (Lipinski definition) is 10. The van der Waals surface area contributed by atoms with Crippen molar-refractivity contribution in [2.24, 2.45) is 35.0 Å². The largest absolute Gasteiger partial charge is 0.461 e. The van der Waals surface area contributed by atoms with E-state index in [1.54, 1.807) is 26.8 Å². The lowest BCUT2D eigenvalue weighted by Gasteiger charge is -2.30. The van der Waals surface area contributed by atoms with E-state index in [1.165, 1.54) is 20.8 Å². The van der Waals surface area contributed by atoms with Gasteiger partial charge in [0.25, 0.3) is 0 Å². The SMILES string of the molecule is CC[C@@H](C)C(=O)O[C@@H]1[C@@H]2[C@H]([C@H](OC(C)=O)[C@H](OC(C)=O)/C(C)=C/[C@@]34O[C@@]3(C[C@H](C)[C@@H]4OC(C)=O)C(=O)[C@@H]1C)C2(C)C. The van der Waals surface area contributed by atoms with Gasteiger partial charge in [0.05, 0.1) is 11.8 Å². The quantitative estimate of drug-likeness (QED) is 0.199. The average molecular weight is 577 g/mol. The zero-order chi connectivity index (χ0) is 30.8. The van der Waals surface area contributed by atoms with Gasteiger partial charge in [-0.3, -0.25) is 24.0 Å². The summed E-state index contributed by atoms with van der Waals surface area (Å²) < 4.78 is 29.9. The second-order valence-electron chi connectivity index (χ2n) is 13.2. The number of fused-ring (bicyclic) bond motifs is 1. The number of esters is 4. The summed E-state index contributed by atoms with van der Waals surface area (Å²) in [6.07, 6.45) is -0.973. The van der Waals surface area contributed by atoms with Crippen LogP contribution in [0.4, 0.5) is 0 Å². The lowest BCUT2D eigenvalue weighted by atomic mass is 9.80. The Morgan fingerprint density at radius 1 is 0.951 bits per heavy atom. The van der Waals surface area contributed by atoms with Gasteiger partial charge in [-0.1, -0.05) is 41.5 Å². The molecule has 10 nitrogen and oxygen atoms in total. The highest BCUT2D eigenvalue weighted by Gasteiger charge is 2.84. The number of hydrogen-bond donors (Lipinski definition) is 0. The molecule has 0 aromatic rings. The molecule has 2 saturated carbocycles. The molecule has 0 aromatic carbocycles. The number of Topliss-reactive ketones (excluding diaryl/α,β-unsaturated/α-hetero) is 1. The predicted molar refractivity (Wildman–Crippen MR) is 145 cm³/mol. The van der Waals surface area contributed by atoms with Gasteiger partial charge < -0.3 is 23.7 Å². The lowest BCUT2D eigenvalue weighted by molar-refractivity contribution is -0.167. The first kappa shape index (κ1) is 31.2. The van der Waals surface area contributed by atoms with Crippen molar-refractivity contribution in [3.8, 4) is 0 Å². The van der Waals surface area contributed by atoms with Gasteiger partial charge >= 0.3 is 23.9 Å². The first-order valence-electron chi connectivity index (χ1n) is 14.6. The van der Waals surface area contributed by atoms with Crippen molar-refractivity contribution in [3.63, 3.8) is 0 Å². The van der Waals surface area contributed by atoms with Crippen molar-refractivity contribution in [1.29, 1.82) is 0 Å². The number of rotatable bonds is 6. The van der Waals surface area contributed by atoms with Crippen LogP contribution in [0.2, 0.25) is 0 Å². The summed E-state index contributed by atoms with van der Waals surface area (Å²) in [5, 5.41) is 0. The van der Waals surface area contributed by atoms with Crippen molar-refractivity contribution in [2.45, 2.75) is 118 Å². The second kappa shape index (κ2) is 10.5. The highest BCUT2D eigenvalue weighted by atomic mass is 16.7. The van der Waals surface area contributed by atoms with Crippen LogP contribution in [0, 0.1) is 35.0 Å². The molecule has 0 radical (unpaired) electrons. The van der Waals surface area contributed by atoms with E-state index < -0.39 is 76.7 Å². The van der Waals surface area contributed by atoms with Gasteiger partial charge in [0.15, 0.2) is 23.1 Å². The van der Waals surface area contributed by atoms with Crippen LogP contribution in [0.5, 0.6) is 0 Å². The predicted octanol–water partition coefficient (Wildman–Crippen LogP) is 3.72. The summed E-state index contributed by atoms with van der Waals surface area (Å²) in [4.78, 5) is 64.6. The molecule has 41 heavy (non-hydrogen) atoms. The fraction of sp³-hybridized carbons (Fsp3) is 0.774. The van der Waals surface area contributed by atoms with Crippen LogP contribution in [0.25, 0.3) is 0 Å². The Morgan fingerprint density at radius 3 is 2.05 bits per heavy atom. The van der Waals surface area contributed by atoms with E-state index >= 15 is 0 Å². The Morgan fingerprint density at radius 2 is 1.51 bits per heavy atom. The van der Waals surface area contributed by atoms with Crippen LogP contribution in [0.15, 0.2) is 11.6 Å². The van der Waals surface area contributed by atoms with Crippen molar-refractivity contribution in [1.82, 2.24) is 0 Å². The highest BCUT2D eigenvalue weighted by molar-refractivity contribution is 5.96. The van der Waals surface area contributed by atoms with Gasteiger partial charge in [0.2, 0.25) is 0 Å². The second-order valence-corrected chi connectivity index (χ2v) is 13.2. The normalized spacial score (nSPS) is 42.5. The number of carbonyl (C=O) groups excluding carboxylic acids is 5. The van der Waals surface area contributed by atoms with E-state index in [4.69, 9.17) is 23.7 Å². The van der Waals surface area contributed by atoms with Crippen LogP contribution >= 0.6 is 0 Å². The Kier molecular flexibility index (Phi) is 7.99. The molecule has 3 aliphatic carbocycles. The lowest BCUT2D eigenvalue weighted by Crippen LogP contribution is -2.44. The number of epoxide rings is 1. The molecular weight excluding hydrogens is 532 g/mol. The minimum absolute atomic E-state index is 0.224. The van der Waals surface area contributed by atoms with Crippen molar-refractivity contribution < 1.29 is 47.7 Å². The third kappa shape index (κ3) is 5.00. The van der Waals surface area contributed by atoms with Gasteiger partial charge in [-0.25, -0.2) is 0 Å². The zero-order valence-corrected chi connectivity index (χ0v) is 25.8. The molecule has 0 N–H and O–H groups in total. The number of carbonyl (C=O) groups is 5. The molecular formula is C31H44O10. The van der Waals surface area contributed by atoms with Gasteiger partial charge in [0, 0.05) is 32.6 Å². The molecule has 0 amide bonds. The van der Waals surface area contributed by atoms with Crippen molar-refractivity contribution >= 4 is 29.7 Å². The maximum Gasteiger partial charge on any atom is 0.308 e. The standard InChI is InChI=1S/C31H44O10/c1-11-14(2)28(36)40-24-17(5)26(35)30-13-16(4)27(39-20(8)34)31(30,41-30)12-15(3)23(37-18(6)32)25(38-19(7)33)22-21(24)29(22,9)10/h12,14,16-17,21-25,27H,11,13H2,1-10H3/b15-12+/t14-,16+,17-,21+,22-,23-,24+,25+,27+,30+,31+/m1/s1. The minimum atomic E-state index is -1.31. The third-order valence-electron chi connectivity index (χ3n) is 9.83. The van der Waals surface area contributed by atoms with E-state index in [0.717, 1.165) is 0 Å². The summed E-state index contributed by atoms with van der Waals surface area (Å²) in [7, 11) is 0. The fourth-order valence-corrected chi connectivity index (χ4v) is 7.62. The van der Waals surface area contributed by atoms with Crippen molar-refractivity contribution in [2.75, 3.05) is 0 Å². The fourth-order valence-electron chi connectivity index (χ4n) is 7.62. The van der Waals surface area contributed by atoms with Gasteiger partial charge in [-0.05, 0) is 42.7 Å². The summed E-state index contributed by atoms with van der Waals surface area (Å²) >= 11 is 0. The van der Waals surface area contributed by atoms with Gasteiger partial charge in [0.1, 0.15) is 18.3 Å². The Hall–Kier alpha value is -2.75. The van der Waals surface area contributed by atoms with E-state index in [1.807, 2.05) is 27.7 Å². The maximum absolute atomic E-state index is 14.5. The van der Waals surface area contributed by atoms with E-state index in [0.29, 0.717) is 18.4 Å².